The summed E-state index contributed by atoms with van der Waals surface area (Å²) in [5.41, 5.74) is 3.76. The van der Waals surface area contributed by atoms with Gasteiger partial charge in [-0.3, -0.25) is 0 Å². The third-order valence-electron chi connectivity index (χ3n) is 4.34. The Bertz CT molecular complexity index is 604. The van der Waals surface area contributed by atoms with Crippen molar-refractivity contribution in [1.29, 1.82) is 0 Å². The molecule has 0 radical (unpaired) electrons. The first-order valence-electron chi connectivity index (χ1n) is 9.26. The third kappa shape index (κ3) is 5.87. The zero-order chi connectivity index (χ0) is 17.2. The lowest BCUT2D eigenvalue weighted by atomic mass is 10.0. The maximum Gasteiger partial charge on any atom is 0.137 e. The van der Waals surface area contributed by atoms with Crippen LogP contribution in [0.3, 0.4) is 0 Å². The second kappa shape index (κ2) is 10.4. The zero-order valence-electron chi connectivity index (χ0n) is 15.0. The molecule has 0 saturated heterocycles. The summed E-state index contributed by atoms with van der Waals surface area (Å²) in [7, 11) is 0. The van der Waals surface area contributed by atoms with E-state index in [1.807, 2.05) is 19.1 Å². The fraction of sp³-hybridized carbons (Fsp3) is 0.455. The van der Waals surface area contributed by atoms with Crippen LogP contribution in [0, 0.1) is 0 Å². The van der Waals surface area contributed by atoms with Gasteiger partial charge in [0.1, 0.15) is 5.75 Å². The van der Waals surface area contributed by atoms with Crippen molar-refractivity contribution >= 4 is 11.6 Å². The lowest BCUT2D eigenvalue weighted by Crippen LogP contribution is -1.92. The number of ether oxygens (including phenoxy) is 1. The van der Waals surface area contributed by atoms with E-state index in [9.17, 15) is 0 Å². The Labute approximate surface area is 152 Å². The van der Waals surface area contributed by atoms with E-state index < -0.39 is 0 Å². The summed E-state index contributed by atoms with van der Waals surface area (Å²) in [5.74, 6) is 0.752. The Morgan fingerprint density at radius 2 is 1.46 bits per heavy atom. The van der Waals surface area contributed by atoms with Gasteiger partial charge >= 0.3 is 0 Å². The van der Waals surface area contributed by atoms with Crippen LogP contribution in [0.25, 0.3) is 11.1 Å². The normalized spacial score (nSPS) is 10.8. The molecule has 2 aromatic rings. The van der Waals surface area contributed by atoms with Crippen LogP contribution in [0.5, 0.6) is 5.75 Å². The summed E-state index contributed by atoms with van der Waals surface area (Å²) >= 11 is 6.28. The quantitative estimate of drug-likeness (QED) is 0.410. The predicted molar refractivity (Wildman–Crippen MR) is 105 cm³/mol. The molecule has 0 aliphatic rings. The van der Waals surface area contributed by atoms with E-state index >= 15 is 0 Å². The van der Waals surface area contributed by atoms with Crippen molar-refractivity contribution in [3.8, 4) is 16.9 Å². The Kier molecular flexibility index (Phi) is 8.18. The molecule has 0 fully saturated rings. The first-order valence-corrected chi connectivity index (χ1v) is 9.64. The minimum Gasteiger partial charge on any atom is -0.492 e. The van der Waals surface area contributed by atoms with Crippen molar-refractivity contribution in [3.05, 3.63) is 53.1 Å². The average molecular weight is 345 g/mol. The number of aryl methyl sites for hydroxylation is 1. The molecule has 0 aliphatic carbocycles. The minimum absolute atomic E-state index is 0.631. The molecule has 24 heavy (non-hydrogen) atoms. The van der Waals surface area contributed by atoms with Gasteiger partial charge in [0.2, 0.25) is 0 Å². The Morgan fingerprint density at radius 1 is 0.792 bits per heavy atom. The van der Waals surface area contributed by atoms with Crippen LogP contribution >= 0.6 is 11.6 Å². The predicted octanol–water partition coefficient (Wildman–Crippen LogP) is 7.31. The average Bonchev–Trinajstić information content (AvgIpc) is 2.60. The molecule has 0 unspecified atom stereocenters. The van der Waals surface area contributed by atoms with Crippen molar-refractivity contribution in [2.24, 2.45) is 0 Å². The molecule has 1 nitrogen and oxygen atoms in total. The van der Waals surface area contributed by atoms with E-state index in [2.05, 4.69) is 37.3 Å². The number of hydrogen-bond acceptors (Lipinski definition) is 1. The van der Waals surface area contributed by atoms with Gasteiger partial charge in [-0.1, -0.05) is 81.0 Å². The molecule has 2 rings (SSSR count). The number of halogens is 1. The van der Waals surface area contributed by atoms with Crippen molar-refractivity contribution in [3.63, 3.8) is 0 Å². The van der Waals surface area contributed by atoms with Gasteiger partial charge in [-0.25, -0.2) is 0 Å². The summed E-state index contributed by atoms with van der Waals surface area (Å²) in [6.07, 6.45) is 9.26. The first-order chi connectivity index (χ1) is 11.7. The molecule has 0 bridgehead atoms. The fourth-order valence-electron chi connectivity index (χ4n) is 2.93. The largest absolute Gasteiger partial charge is 0.492 e. The maximum absolute atomic E-state index is 6.28. The Balaban J connectivity index is 1.88. The highest BCUT2D eigenvalue weighted by Crippen LogP contribution is 2.30. The topological polar surface area (TPSA) is 9.23 Å². The van der Waals surface area contributed by atoms with Crippen LogP contribution < -0.4 is 4.74 Å². The molecule has 130 valence electrons. The lowest BCUT2D eigenvalue weighted by molar-refractivity contribution is 0.340. The molecule has 0 amide bonds. The summed E-state index contributed by atoms with van der Waals surface area (Å²) < 4.78 is 5.49. The molecule has 0 spiro atoms. The number of benzene rings is 2. The molecule has 2 heteroatoms. The van der Waals surface area contributed by atoms with Gasteiger partial charge < -0.3 is 4.74 Å². The van der Waals surface area contributed by atoms with E-state index in [-0.39, 0.29) is 0 Å². The molecule has 0 atom stereocenters. The zero-order valence-corrected chi connectivity index (χ0v) is 15.7. The molecule has 0 saturated carbocycles. The van der Waals surface area contributed by atoms with Crippen LogP contribution in [0.2, 0.25) is 5.02 Å². The van der Waals surface area contributed by atoms with E-state index in [1.165, 1.54) is 56.1 Å². The van der Waals surface area contributed by atoms with E-state index in [0.29, 0.717) is 11.6 Å². The highest BCUT2D eigenvalue weighted by molar-refractivity contribution is 6.32. The highest BCUT2D eigenvalue weighted by Gasteiger charge is 2.04. The smallest absolute Gasteiger partial charge is 0.137 e. The number of hydrogen-bond donors (Lipinski definition) is 0. The third-order valence-corrected chi connectivity index (χ3v) is 4.63. The highest BCUT2D eigenvalue weighted by atomic mass is 35.5. The van der Waals surface area contributed by atoms with Gasteiger partial charge in [-0.05, 0) is 48.6 Å². The molecular weight excluding hydrogens is 316 g/mol. The van der Waals surface area contributed by atoms with Crippen LogP contribution in [-0.4, -0.2) is 6.61 Å². The first kappa shape index (κ1) is 18.9. The van der Waals surface area contributed by atoms with Crippen LogP contribution in [0.4, 0.5) is 0 Å². The molecular formula is C22H29ClO. The molecule has 0 aromatic heterocycles. The SMILES string of the molecule is CCCCCCCCc1ccc(-c2ccc(OCC)c(Cl)c2)cc1. The summed E-state index contributed by atoms with van der Waals surface area (Å²) in [6.45, 7) is 4.86. The molecule has 0 heterocycles. The summed E-state index contributed by atoms with van der Waals surface area (Å²) in [4.78, 5) is 0. The van der Waals surface area contributed by atoms with E-state index in [1.54, 1.807) is 0 Å². The fourth-order valence-corrected chi connectivity index (χ4v) is 3.16. The second-order valence-corrected chi connectivity index (χ2v) is 6.70. The monoisotopic (exact) mass is 344 g/mol. The van der Waals surface area contributed by atoms with Gasteiger partial charge in [0.25, 0.3) is 0 Å². The maximum atomic E-state index is 6.28. The second-order valence-electron chi connectivity index (χ2n) is 6.29. The standard InChI is InChI=1S/C22H29ClO/c1-3-5-6-7-8-9-10-18-11-13-19(14-12-18)20-15-16-22(24-4-2)21(23)17-20/h11-17H,3-10H2,1-2H3. The number of rotatable bonds is 10. The minimum atomic E-state index is 0.631. The van der Waals surface area contributed by atoms with Gasteiger partial charge in [0.05, 0.1) is 11.6 Å². The number of unbranched alkanes of at least 4 members (excludes halogenated alkanes) is 5. The Morgan fingerprint density at radius 3 is 2.12 bits per heavy atom. The summed E-state index contributed by atoms with van der Waals surface area (Å²) in [6, 6.07) is 14.9. The van der Waals surface area contributed by atoms with Crippen LogP contribution in [-0.2, 0) is 6.42 Å². The lowest BCUT2D eigenvalue weighted by Gasteiger charge is -2.09. The van der Waals surface area contributed by atoms with Crippen molar-refractivity contribution < 1.29 is 4.74 Å². The van der Waals surface area contributed by atoms with E-state index in [0.717, 1.165) is 11.3 Å². The Hall–Kier alpha value is -1.47. The van der Waals surface area contributed by atoms with Crippen LogP contribution in [0.15, 0.2) is 42.5 Å². The van der Waals surface area contributed by atoms with Crippen LogP contribution in [0.1, 0.15) is 57.9 Å². The van der Waals surface area contributed by atoms with Crippen molar-refractivity contribution in [2.45, 2.75) is 58.8 Å². The van der Waals surface area contributed by atoms with Gasteiger partial charge in [-0.15, -0.1) is 0 Å². The van der Waals surface area contributed by atoms with Gasteiger partial charge in [-0.2, -0.15) is 0 Å². The van der Waals surface area contributed by atoms with E-state index in [4.69, 9.17) is 16.3 Å². The molecule has 2 aromatic carbocycles. The molecule has 0 aliphatic heterocycles. The van der Waals surface area contributed by atoms with Gasteiger partial charge in [0.15, 0.2) is 0 Å². The molecule has 0 N–H and O–H groups in total. The van der Waals surface area contributed by atoms with Crippen molar-refractivity contribution in [2.75, 3.05) is 6.61 Å². The van der Waals surface area contributed by atoms with Gasteiger partial charge in [0, 0.05) is 0 Å². The van der Waals surface area contributed by atoms with Crippen molar-refractivity contribution in [1.82, 2.24) is 0 Å². The summed E-state index contributed by atoms with van der Waals surface area (Å²) in [5, 5.41) is 0.672.